The largest absolute Gasteiger partial charge is 0.465 e. The van der Waals surface area contributed by atoms with Crippen molar-refractivity contribution in [2.24, 2.45) is 0 Å². The van der Waals surface area contributed by atoms with Gasteiger partial charge in [-0.3, -0.25) is 4.57 Å². The van der Waals surface area contributed by atoms with Gasteiger partial charge in [0.2, 0.25) is 0 Å². The van der Waals surface area contributed by atoms with E-state index in [2.05, 4.69) is 38.4 Å². The summed E-state index contributed by atoms with van der Waals surface area (Å²) < 4.78 is 2.16. The van der Waals surface area contributed by atoms with E-state index >= 15 is 0 Å². The number of carbonyl (C=O) groups is 1. The van der Waals surface area contributed by atoms with Crippen LogP contribution in [0, 0.1) is 0 Å². The fourth-order valence-electron chi connectivity index (χ4n) is 5.70. The predicted molar refractivity (Wildman–Crippen MR) is 152 cm³/mol. The zero-order valence-electron chi connectivity index (χ0n) is 21.1. The molecule has 5 N–H and O–H groups in total. The second kappa shape index (κ2) is 8.73. The van der Waals surface area contributed by atoms with Crippen LogP contribution in [0.1, 0.15) is 24.8 Å². The Balaban J connectivity index is 1.48. The van der Waals surface area contributed by atoms with Crippen molar-refractivity contribution in [1.29, 1.82) is 0 Å². The minimum absolute atomic E-state index is 0.530. The lowest BCUT2D eigenvalue weighted by atomic mass is 9.71. The number of amides is 1. The summed E-state index contributed by atoms with van der Waals surface area (Å²) in [5, 5.41) is 15.7. The molecule has 0 spiro atoms. The average molecular weight is 515 g/mol. The molecule has 7 rings (SSSR count). The number of nitrogen functional groups attached to an aromatic ring is 1. The van der Waals surface area contributed by atoms with Crippen molar-refractivity contribution in [1.82, 2.24) is 19.9 Å². The molecule has 2 aromatic heterocycles. The summed E-state index contributed by atoms with van der Waals surface area (Å²) in [5.74, 6) is 1.54. The molecule has 0 saturated heterocycles. The van der Waals surface area contributed by atoms with Gasteiger partial charge in [-0.15, -0.1) is 0 Å². The summed E-state index contributed by atoms with van der Waals surface area (Å²) >= 11 is 0. The van der Waals surface area contributed by atoms with E-state index in [1.807, 2.05) is 66.7 Å². The molecule has 3 heterocycles. The number of imidazole rings is 1. The molecule has 39 heavy (non-hydrogen) atoms. The molecular weight excluding hydrogens is 488 g/mol. The molecule has 1 amide bonds. The second-order valence-electron chi connectivity index (χ2n) is 10.1. The number of hydrogen-bond donors (Lipinski definition) is 4. The van der Waals surface area contributed by atoms with Gasteiger partial charge >= 0.3 is 6.09 Å². The van der Waals surface area contributed by atoms with Crippen LogP contribution in [0.4, 0.5) is 22.0 Å². The van der Waals surface area contributed by atoms with E-state index in [4.69, 9.17) is 10.7 Å². The monoisotopic (exact) mass is 514 g/mol. The van der Waals surface area contributed by atoms with Gasteiger partial charge in [-0.25, -0.2) is 14.8 Å². The first-order chi connectivity index (χ1) is 19.0. The molecule has 1 aliphatic heterocycles. The second-order valence-corrected chi connectivity index (χ2v) is 10.1. The van der Waals surface area contributed by atoms with Gasteiger partial charge in [0.1, 0.15) is 5.82 Å². The van der Waals surface area contributed by atoms with Crippen LogP contribution >= 0.6 is 0 Å². The lowest BCUT2D eigenvalue weighted by Crippen LogP contribution is -2.50. The van der Waals surface area contributed by atoms with Crippen LogP contribution in [-0.4, -0.2) is 25.7 Å². The minimum atomic E-state index is -0.999. The van der Waals surface area contributed by atoms with Crippen molar-refractivity contribution < 1.29 is 9.90 Å². The maximum Gasteiger partial charge on any atom is 0.405 e. The van der Waals surface area contributed by atoms with Gasteiger partial charge in [0.25, 0.3) is 0 Å². The standard InChI is InChI=1S/C31H26N6O2/c32-22-14-10-19(11-15-22)26-27(20-8-12-21(13-9-20)31(16-4-17-31)36-30(38)39)37-25-7-3-18-33-28(25)34-24-6-2-1-5-23(24)29(37)35-26/h1-3,5-15,18,36H,4,16-17,32H2,(H,33,34)(H,38,39). The average Bonchev–Trinajstić information content (AvgIpc) is 3.26. The fourth-order valence-corrected chi connectivity index (χ4v) is 5.70. The Labute approximate surface area is 225 Å². The summed E-state index contributed by atoms with van der Waals surface area (Å²) in [6.07, 6.45) is 3.35. The van der Waals surface area contributed by atoms with Crippen molar-refractivity contribution in [3.8, 4) is 39.6 Å². The Morgan fingerprint density at radius 1 is 0.949 bits per heavy atom. The molecule has 1 saturated carbocycles. The fraction of sp³-hybridized carbons (Fsp3) is 0.129. The number of nitrogens with two attached hydrogens (primary N) is 1. The van der Waals surface area contributed by atoms with Gasteiger partial charge in [0.15, 0.2) is 5.82 Å². The van der Waals surface area contributed by atoms with E-state index in [1.165, 1.54) is 0 Å². The molecular formula is C31H26N6O2. The first-order valence-electron chi connectivity index (χ1n) is 12.9. The third kappa shape index (κ3) is 3.72. The van der Waals surface area contributed by atoms with Crippen LogP contribution in [0.5, 0.6) is 0 Å². The molecule has 0 bridgehead atoms. The first kappa shape index (κ1) is 23.0. The van der Waals surface area contributed by atoms with Crippen LogP contribution in [0.15, 0.2) is 91.1 Å². The molecule has 8 nitrogen and oxygen atoms in total. The molecule has 0 atom stereocenters. The lowest BCUT2D eigenvalue weighted by Gasteiger charge is -2.42. The van der Waals surface area contributed by atoms with E-state index in [9.17, 15) is 9.90 Å². The molecule has 2 aliphatic rings. The number of pyridine rings is 1. The van der Waals surface area contributed by atoms with E-state index in [0.717, 1.165) is 75.9 Å². The highest BCUT2D eigenvalue weighted by atomic mass is 16.4. The van der Waals surface area contributed by atoms with Crippen LogP contribution in [-0.2, 0) is 5.54 Å². The number of benzene rings is 3. The number of fused-ring (bicyclic) bond motifs is 5. The highest BCUT2D eigenvalue weighted by Crippen LogP contribution is 2.46. The minimum Gasteiger partial charge on any atom is -0.465 e. The smallest absolute Gasteiger partial charge is 0.405 e. The molecule has 192 valence electrons. The van der Waals surface area contributed by atoms with Crippen molar-refractivity contribution in [2.45, 2.75) is 24.8 Å². The Kier molecular flexibility index (Phi) is 5.16. The maximum atomic E-state index is 11.5. The third-order valence-corrected chi connectivity index (χ3v) is 7.77. The number of hydrogen-bond acceptors (Lipinski definition) is 5. The summed E-state index contributed by atoms with van der Waals surface area (Å²) in [4.78, 5) is 21.4. The van der Waals surface area contributed by atoms with Crippen molar-refractivity contribution >= 4 is 23.3 Å². The van der Waals surface area contributed by atoms with Crippen LogP contribution in [0.2, 0.25) is 0 Å². The first-order valence-corrected chi connectivity index (χ1v) is 12.9. The molecule has 5 aromatic rings. The molecule has 1 fully saturated rings. The summed E-state index contributed by atoms with van der Waals surface area (Å²) in [5.41, 5.74) is 13.6. The summed E-state index contributed by atoms with van der Waals surface area (Å²) in [6.45, 7) is 0. The number of aromatic nitrogens is 3. The maximum absolute atomic E-state index is 11.5. The number of carboxylic acid groups (broad SMARTS) is 1. The molecule has 1 aliphatic carbocycles. The van der Waals surface area contributed by atoms with Crippen LogP contribution in [0.25, 0.3) is 39.6 Å². The molecule has 8 heteroatoms. The van der Waals surface area contributed by atoms with E-state index in [1.54, 1.807) is 6.20 Å². The van der Waals surface area contributed by atoms with Gasteiger partial charge in [-0.2, -0.15) is 0 Å². The zero-order valence-corrected chi connectivity index (χ0v) is 21.1. The van der Waals surface area contributed by atoms with E-state index in [0.29, 0.717) is 5.69 Å². The highest BCUT2D eigenvalue weighted by Gasteiger charge is 2.40. The van der Waals surface area contributed by atoms with E-state index < -0.39 is 11.6 Å². The molecule has 0 radical (unpaired) electrons. The number of nitrogens with one attached hydrogen (secondary N) is 2. The quantitative estimate of drug-likeness (QED) is 0.198. The zero-order chi connectivity index (χ0) is 26.6. The Hall–Kier alpha value is -5.11. The van der Waals surface area contributed by atoms with Crippen LogP contribution < -0.4 is 16.4 Å². The van der Waals surface area contributed by atoms with Crippen molar-refractivity contribution in [3.63, 3.8) is 0 Å². The van der Waals surface area contributed by atoms with Crippen LogP contribution in [0.3, 0.4) is 0 Å². The number of rotatable bonds is 4. The number of nitrogens with zero attached hydrogens (tertiary/aromatic N) is 3. The summed E-state index contributed by atoms with van der Waals surface area (Å²) in [7, 11) is 0. The predicted octanol–water partition coefficient (Wildman–Crippen LogP) is 6.55. The topological polar surface area (TPSA) is 118 Å². The summed E-state index contributed by atoms with van der Waals surface area (Å²) in [6, 6.07) is 28.0. The Bertz CT molecular complexity index is 1720. The molecule has 3 aromatic carbocycles. The molecule has 0 unspecified atom stereocenters. The van der Waals surface area contributed by atoms with Gasteiger partial charge < -0.3 is 21.5 Å². The number of para-hydroxylation sites is 1. The van der Waals surface area contributed by atoms with Gasteiger partial charge in [-0.05, 0) is 61.2 Å². The lowest BCUT2D eigenvalue weighted by molar-refractivity contribution is 0.144. The van der Waals surface area contributed by atoms with Gasteiger partial charge in [0, 0.05) is 28.6 Å². The Morgan fingerprint density at radius 2 is 1.69 bits per heavy atom. The normalized spacial score (nSPS) is 14.6. The van der Waals surface area contributed by atoms with Gasteiger partial charge in [0.05, 0.1) is 28.3 Å². The number of anilines is 3. The van der Waals surface area contributed by atoms with Gasteiger partial charge in [-0.1, -0.05) is 48.5 Å². The third-order valence-electron chi connectivity index (χ3n) is 7.77. The van der Waals surface area contributed by atoms with Crippen molar-refractivity contribution in [2.75, 3.05) is 11.1 Å². The highest BCUT2D eigenvalue weighted by molar-refractivity contribution is 5.91. The van der Waals surface area contributed by atoms with Crippen molar-refractivity contribution in [3.05, 3.63) is 96.7 Å². The van der Waals surface area contributed by atoms with E-state index in [-0.39, 0.29) is 0 Å². The Morgan fingerprint density at radius 3 is 2.41 bits per heavy atom. The SMILES string of the molecule is Nc1ccc(-c2nc3n(c2-c2ccc(C4(NC(=O)O)CCC4)cc2)-c2cccnc2Nc2ccccc2-3)cc1.